The maximum Gasteiger partial charge on any atom is 0.262 e. The Morgan fingerprint density at radius 2 is 1.74 bits per heavy atom. The van der Waals surface area contributed by atoms with Gasteiger partial charge in [-0.2, -0.15) is 5.26 Å². The van der Waals surface area contributed by atoms with Crippen LogP contribution in [0.3, 0.4) is 0 Å². The van der Waals surface area contributed by atoms with Gasteiger partial charge in [-0.05, 0) is 66.6 Å². The molecular formula is C28H31N3O6S. The highest BCUT2D eigenvalue weighted by atomic mass is 32.1. The van der Waals surface area contributed by atoms with Gasteiger partial charge in [-0.3, -0.25) is 4.79 Å². The van der Waals surface area contributed by atoms with Crippen LogP contribution in [0.2, 0.25) is 0 Å². The van der Waals surface area contributed by atoms with Crippen LogP contribution in [0.5, 0.6) is 0 Å². The lowest BCUT2D eigenvalue weighted by molar-refractivity contribution is -0.280. The Balaban J connectivity index is 1.45. The molecule has 200 valence electrons. The number of anilines is 1. The molecule has 0 aliphatic carbocycles. The molecule has 5 N–H and O–H groups in total. The van der Waals surface area contributed by atoms with E-state index in [1.54, 1.807) is 0 Å². The van der Waals surface area contributed by atoms with E-state index in [2.05, 4.69) is 60.5 Å². The van der Waals surface area contributed by atoms with Crippen LogP contribution in [0.15, 0.2) is 54.1 Å². The summed E-state index contributed by atoms with van der Waals surface area (Å²) in [6.07, 6.45) is -6.19. The number of nitrogens with one attached hydrogen (secondary N) is 1. The molecule has 1 unspecified atom stereocenters. The zero-order valence-corrected chi connectivity index (χ0v) is 21.9. The van der Waals surface area contributed by atoms with Crippen LogP contribution in [0.1, 0.15) is 18.7 Å². The number of aliphatic hydroxyl groups excluding tert-OH is 4. The molecule has 2 aromatic carbocycles. The quantitative estimate of drug-likeness (QED) is 0.217. The number of hydrogen-bond acceptors (Lipinski definition) is 9. The van der Waals surface area contributed by atoms with Gasteiger partial charge in [-0.1, -0.05) is 18.2 Å². The van der Waals surface area contributed by atoms with Gasteiger partial charge in [0.2, 0.25) is 0 Å². The number of nitriles is 1. The number of aliphatic hydroxyl groups is 4. The highest BCUT2D eigenvalue weighted by Gasteiger charge is 2.43. The van der Waals surface area contributed by atoms with Gasteiger partial charge in [0.25, 0.3) is 5.91 Å². The molecule has 9 nitrogen and oxygen atoms in total. The lowest BCUT2D eigenvalue weighted by Crippen LogP contribution is -2.60. The Morgan fingerprint density at radius 3 is 2.45 bits per heavy atom. The van der Waals surface area contributed by atoms with E-state index in [1.165, 1.54) is 23.1 Å². The number of hydrogen-bond donors (Lipinski definition) is 5. The number of amides is 1. The topological polar surface area (TPSA) is 146 Å². The van der Waals surface area contributed by atoms with E-state index >= 15 is 0 Å². The van der Waals surface area contributed by atoms with Crippen molar-refractivity contribution in [2.24, 2.45) is 0 Å². The fourth-order valence-corrected chi connectivity index (χ4v) is 5.38. The first-order valence-electron chi connectivity index (χ1n) is 12.4. The molecule has 5 atom stereocenters. The number of fused-ring (bicyclic) bond motifs is 1. The van der Waals surface area contributed by atoms with Crippen molar-refractivity contribution in [2.45, 2.75) is 44.6 Å². The molecular weight excluding hydrogens is 506 g/mol. The Morgan fingerprint density at radius 1 is 1.03 bits per heavy atom. The van der Waals surface area contributed by atoms with E-state index in [9.17, 15) is 30.5 Å². The van der Waals surface area contributed by atoms with Gasteiger partial charge >= 0.3 is 0 Å². The number of ether oxygens (including phenoxy) is 1. The summed E-state index contributed by atoms with van der Waals surface area (Å²) >= 11 is 1.44. The Bertz CT molecular complexity index is 1360. The van der Waals surface area contributed by atoms with Crippen molar-refractivity contribution in [2.75, 3.05) is 24.5 Å². The van der Waals surface area contributed by atoms with Crippen LogP contribution < -0.4 is 10.2 Å². The molecule has 0 radical (unpaired) electrons. The lowest BCUT2D eigenvalue weighted by Gasteiger charge is -2.38. The predicted octanol–water partition coefficient (Wildman–Crippen LogP) is 2.24. The standard InChI is InChI=1S/C28H31N3O6S/c1-3-31(4-2)20-8-7-16-11-18(6-5-17(16)12-20)23-10-9-21(38-23)13-19(14-29)27(35)30-15-22-24(32)25(33)26(34)28(36)37-22/h5-13,22,24-26,28,32-34,36H,3-4,15H2,1-2H3,(H,30,35)/b19-13+/t22-,24-,25+,26-,28?/m1/s1. The predicted molar refractivity (Wildman–Crippen MR) is 146 cm³/mol. The van der Waals surface area contributed by atoms with E-state index in [1.807, 2.05) is 18.2 Å². The lowest BCUT2D eigenvalue weighted by atomic mass is 9.99. The molecule has 3 aromatic rings. The normalized spacial score (nSPS) is 23.7. The van der Waals surface area contributed by atoms with Gasteiger partial charge in [-0.25, -0.2) is 0 Å². The SMILES string of the molecule is CCN(CC)c1ccc2cc(-c3ccc(/C=C(\C#N)C(=O)NC[C@H]4OC(O)[C@H](O)[C@@H](O)[C@@H]4O)s3)ccc2c1. The van der Waals surface area contributed by atoms with E-state index < -0.39 is 36.6 Å². The molecule has 1 aromatic heterocycles. The molecule has 1 fully saturated rings. The van der Waals surface area contributed by atoms with Crippen molar-refractivity contribution in [3.63, 3.8) is 0 Å². The largest absolute Gasteiger partial charge is 0.388 e. The second-order valence-electron chi connectivity index (χ2n) is 9.04. The van der Waals surface area contributed by atoms with Crippen LogP contribution in [0.25, 0.3) is 27.3 Å². The minimum Gasteiger partial charge on any atom is -0.388 e. The first-order valence-corrected chi connectivity index (χ1v) is 13.2. The highest BCUT2D eigenvalue weighted by molar-refractivity contribution is 7.16. The van der Waals surface area contributed by atoms with E-state index in [0.29, 0.717) is 4.88 Å². The van der Waals surface area contributed by atoms with Crippen molar-refractivity contribution >= 4 is 39.8 Å². The van der Waals surface area contributed by atoms with Crippen molar-refractivity contribution in [3.8, 4) is 16.5 Å². The zero-order chi connectivity index (χ0) is 27.4. The third-order valence-electron chi connectivity index (χ3n) is 6.67. The molecule has 0 bridgehead atoms. The maximum atomic E-state index is 12.6. The number of benzene rings is 2. The molecule has 38 heavy (non-hydrogen) atoms. The Labute approximate surface area is 224 Å². The van der Waals surface area contributed by atoms with E-state index in [0.717, 1.165) is 34.3 Å². The summed E-state index contributed by atoms with van der Waals surface area (Å²) in [7, 11) is 0. The second-order valence-corrected chi connectivity index (χ2v) is 10.2. The van der Waals surface area contributed by atoms with Gasteiger partial charge < -0.3 is 35.4 Å². The van der Waals surface area contributed by atoms with Crippen LogP contribution in [-0.4, -0.2) is 76.7 Å². The third-order valence-corrected chi connectivity index (χ3v) is 7.75. The smallest absolute Gasteiger partial charge is 0.262 e. The van der Waals surface area contributed by atoms with Crippen molar-refractivity contribution in [1.82, 2.24) is 5.32 Å². The van der Waals surface area contributed by atoms with Gasteiger partial charge in [0.1, 0.15) is 36.1 Å². The fourth-order valence-electron chi connectivity index (χ4n) is 4.44. The molecule has 1 amide bonds. The van der Waals surface area contributed by atoms with E-state index in [4.69, 9.17) is 4.74 Å². The van der Waals surface area contributed by atoms with E-state index in [-0.39, 0.29) is 12.1 Å². The molecule has 2 heterocycles. The molecule has 0 saturated carbocycles. The van der Waals surface area contributed by atoms with Gasteiger partial charge in [0, 0.05) is 35.1 Å². The zero-order valence-electron chi connectivity index (χ0n) is 21.1. The van der Waals surface area contributed by atoms with Crippen LogP contribution in [-0.2, 0) is 9.53 Å². The van der Waals surface area contributed by atoms with Crippen LogP contribution in [0.4, 0.5) is 5.69 Å². The number of nitrogens with zero attached hydrogens (tertiary/aromatic N) is 2. The number of carbonyl (C=O) groups is 1. The third kappa shape index (κ3) is 5.89. The summed E-state index contributed by atoms with van der Waals surface area (Å²) in [6.45, 7) is 5.89. The van der Waals surface area contributed by atoms with Gasteiger partial charge in [-0.15, -0.1) is 11.3 Å². The monoisotopic (exact) mass is 537 g/mol. The minimum atomic E-state index is -1.70. The van der Waals surface area contributed by atoms with Crippen molar-refractivity contribution < 1.29 is 30.0 Å². The summed E-state index contributed by atoms with van der Waals surface area (Å²) in [6, 6.07) is 18.4. The average molecular weight is 538 g/mol. The number of rotatable bonds is 8. The molecule has 1 aliphatic rings. The fraction of sp³-hybridized carbons (Fsp3) is 0.357. The Kier molecular flexibility index (Phi) is 8.79. The molecule has 4 rings (SSSR count). The second kappa shape index (κ2) is 12.0. The summed E-state index contributed by atoms with van der Waals surface area (Å²) in [5.41, 5.74) is 2.08. The van der Waals surface area contributed by atoms with Crippen molar-refractivity contribution in [1.29, 1.82) is 5.26 Å². The Hall–Kier alpha value is -3.30. The summed E-state index contributed by atoms with van der Waals surface area (Å²) in [5, 5.41) is 53.3. The van der Waals surface area contributed by atoms with Crippen LogP contribution >= 0.6 is 11.3 Å². The highest BCUT2D eigenvalue weighted by Crippen LogP contribution is 2.32. The first kappa shape index (κ1) is 27.7. The summed E-state index contributed by atoms with van der Waals surface area (Å²) in [4.78, 5) is 16.6. The van der Waals surface area contributed by atoms with Crippen LogP contribution in [0, 0.1) is 11.3 Å². The summed E-state index contributed by atoms with van der Waals surface area (Å²) < 4.78 is 5.05. The van der Waals surface area contributed by atoms with Gasteiger partial charge in [0.05, 0.1) is 0 Å². The van der Waals surface area contributed by atoms with Gasteiger partial charge in [0.15, 0.2) is 6.29 Å². The summed E-state index contributed by atoms with van der Waals surface area (Å²) in [5.74, 6) is -0.692. The average Bonchev–Trinajstić information content (AvgIpc) is 3.40. The molecule has 1 saturated heterocycles. The maximum absolute atomic E-state index is 12.6. The number of thiophene rings is 1. The first-order chi connectivity index (χ1) is 18.2. The van der Waals surface area contributed by atoms with Crippen molar-refractivity contribution in [3.05, 3.63) is 59.0 Å². The molecule has 0 spiro atoms. The number of carbonyl (C=O) groups excluding carboxylic acids is 1. The molecule has 1 aliphatic heterocycles. The minimum absolute atomic E-state index is 0.146. The molecule has 10 heteroatoms.